The summed E-state index contributed by atoms with van der Waals surface area (Å²) in [6, 6.07) is 13.3. The number of hydrogen-bond donors (Lipinski definition) is 0. The number of imide groups is 3. The fourth-order valence-electron chi connectivity index (χ4n) is 2.40. The van der Waals surface area contributed by atoms with Gasteiger partial charge < -0.3 is 14.3 Å². The molecule has 8 heteroatoms. The van der Waals surface area contributed by atoms with Crippen LogP contribution < -0.4 is 9.47 Å². The molecule has 0 spiro atoms. The molecule has 0 saturated carbocycles. The van der Waals surface area contributed by atoms with Crippen LogP contribution in [0, 0.1) is 0 Å². The predicted octanol–water partition coefficient (Wildman–Crippen LogP) is 1.63. The summed E-state index contributed by atoms with van der Waals surface area (Å²) in [7, 11) is 1.56. The largest absolute Gasteiger partial charge is 0.497 e. The Morgan fingerprint density at radius 1 is 1.19 bits per heavy atom. The molecule has 0 N–H and O–H groups in total. The van der Waals surface area contributed by atoms with Crippen LogP contribution in [0.25, 0.3) is 0 Å². The highest BCUT2D eigenvalue weighted by Gasteiger charge is 2.34. The number of hydrogen-bond acceptors (Lipinski definition) is 7. The van der Waals surface area contributed by atoms with Gasteiger partial charge in [-0.2, -0.15) is 0 Å². The number of rotatable bonds is 5. The zero-order valence-electron chi connectivity index (χ0n) is 14.5. The summed E-state index contributed by atoms with van der Waals surface area (Å²) >= 11 is 0. The fourth-order valence-corrected chi connectivity index (χ4v) is 2.40. The Kier molecular flexibility index (Phi) is 5.46. The lowest BCUT2D eigenvalue weighted by atomic mass is 10.2. The predicted molar refractivity (Wildman–Crippen MR) is 94.7 cm³/mol. The van der Waals surface area contributed by atoms with Crippen LogP contribution in [0.3, 0.4) is 0 Å². The molecule has 0 bridgehead atoms. The van der Waals surface area contributed by atoms with E-state index in [0.717, 1.165) is 5.56 Å². The van der Waals surface area contributed by atoms with Gasteiger partial charge in [-0.05, 0) is 42.0 Å². The summed E-state index contributed by atoms with van der Waals surface area (Å²) in [6.07, 6.45) is 1.40. The van der Waals surface area contributed by atoms with Crippen molar-refractivity contribution in [3.8, 4) is 11.5 Å². The van der Waals surface area contributed by atoms with Crippen LogP contribution in [0.15, 0.2) is 53.7 Å². The third-order valence-electron chi connectivity index (χ3n) is 3.75. The highest BCUT2D eigenvalue weighted by molar-refractivity contribution is 6.18. The van der Waals surface area contributed by atoms with Crippen molar-refractivity contribution in [1.29, 1.82) is 0 Å². The molecule has 0 radical (unpaired) electrons. The first-order valence-corrected chi connectivity index (χ1v) is 8.01. The topological polar surface area (TPSA) is 94.5 Å². The molecular weight excluding hydrogens is 352 g/mol. The van der Waals surface area contributed by atoms with E-state index in [1.807, 2.05) is 0 Å². The van der Waals surface area contributed by atoms with E-state index in [2.05, 4.69) is 5.16 Å². The van der Waals surface area contributed by atoms with Crippen molar-refractivity contribution in [3.63, 3.8) is 0 Å². The van der Waals surface area contributed by atoms with Crippen LogP contribution in [0.5, 0.6) is 11.5 Å². The Hall–Kier alpha value is -3.68. The van der Waals surface area contributed by atoms with Gasteiger partial charge in [0.05, 0.1) is 18.9 Å². The Morgan fingerprint density at radius 3 is 2.67 bits per heavy atom. The monoisotopic (exact) mass is 368 g/mol. The average molecular weight is 368 g/mol. The molecule has 0 fully saturated rings. The molecule has 0 atom stereocenters. The summed E-state index contributed by atoms with van der Waals surface area (Å²) in [4.78, 5) is 42.4. The minimum absolute atomic E-state index is 0.137. The second-order valence-electron chi connectivity index (χ2n) is 5.49. The minimum atomic E-state index is -0.822. The van der Waals surface area contributed by atoms with Crippen LogP contribution >= 0.6 is 0 Å². The second-order valence-corrected chi connectivity index (χ2v) is 5.49. The molecular formula is C19H16N2O6. The van der Waals surface area contributed by atoms with Crippen molar-refractivity contribution < 1.29 is 28.7 Å². The van der Waals surface area contributed by atoms with Crippen molar-refractivity contribution in [3.05, 3.63) is 59.7 Å². The van der Waals surface area contributed by atoms with Crippen molar-refractivity contribution in [2.45, 2.75) is 0 Å². The van der Waals surface area contributed by atoms with Gasteiger partial charge in [-0.1, -0.05) is 17.3 Å². The molecule has 0 aliphatic carbocycles. The third-order valence-corrected chi connectivity index (χ3v) is 3.75. The van der Waals surface area contributed by atoms with Gasteiger partial charge in [0.1, 0.15) is 11.5 Å². The van der Waals surface area contributed by atoms with E-state index < -0.39 is 30.9 Å². The minimum Gasteiger partial charge on any atom is -0.497 e. The molecule has 1 heterocycles. The van der Waals surface area contributed by atoms with Gasteiger partial charge in [0, 0.05) is 0 Å². The molecule has 8 nitrogen and oxygen atoms in total. The molecule has 0 aromatic heterocycles. The lowest BCUT2D eigenvalue weighted by molar-refractivity contribution is -0.144. The van der Waals surface area contributed by atoms with Crippen LogP contribution in [0.2, 0.25) is 0 Å². The number of para-hydroxylation sites is 1. The number of benzene rings is 2. The van der Waals surface area contributed by atoms with Crippen LogP contribution in [0.1, 0.15) is 15.9 Å². The maximum absolute atomic E-state index is 12.5. The Bertz CT molecular complexity index is 891. The summed E-state index contributed by atoms with van der Waals surface area (Å²) in [6.45, 7) is -0.976. The molecule has 1 aliphatic rings. The lowest BCUT2D eigenvalue weighted by Gasteiger charge is -2.15. The number of oxime groups is 1. The van der Waals surface area contributed by atoms with E-state index in [1.165, 1.54) is 12.3 Å². The molecule has 3 amide bonds. The first-order chi connectivity index (χ1) is 13.1. The molecule has 0 saturated heterocycles. The molecule has 3 rings (SSSR count). The van der Waals surface area contributed by atoms with Crippen molar-refractivity contribution in [2.24, 2.45) is 5.16 Å². The highest BCUT2D eigenvalue weighted by atomic mass is 16.6. The van der Waals surface area contributed by atoms with E-state index >= 15 is 0 Å². The van der Waals surface area contributed by atoms with Gasteiger partial charge in [0.2, 0.25) is 0 Å². The number of carbonyl (C=O) groups is 3. The molecule has 2 aromatic rings. The Morgan fingerprint density at radius 2 is 1.93 bits per heavy atom. The summed E-state index contributed by atoms with van der Waals surface area (Å²) in [5.74, 6) is -1.38. The first kappa shape index (κ1) is 18.1. The van der Waals surface area contributed by atoms with E-state index in [1.54, 1.807) is 49.6 Å². The van der Waals surface area contributed by atoms with Crippen molar-refractivity contribution >= 4 is 23.9 Å². The highest BCUT2D eigenvalue weighted by Crippen LogP contribution is 2.23. The summed E-state index contributed by atoms with van der Waals surface area (Å²) in [5, 5.41) is 3.68. The smallest absolute Gasteiger partial charge is 0.277 e. The van der Waals surface area contributed by atoms with Gasteiger partial charge in [-0.15, -0.1) is 0 Å². The van der Waals surface area contributed by atoms with Crippen LogP contribution in [0.4, 0.5) is 0 Å². The maximum Gasteiger partial charge on any atom is 0.277 e. The molecule has 2 aromatic carbocycles. The number of amides is 3. The summed E-state index contributed by atoms with van der Waals surface area (Å²) < 4.78 is 10.3. The van der Waals surface area contributed by atoms with Gasteiger partial charge in [-0.3, -0.25) is 14.4 Å². The van der Waals surface area contributed by atoms with E-state index in [0.29, 0.717) is 10.6 Å². The maximum atomic E-state index is 12.5. The lowest BCUT2D eigenvalue weighted by Crippen LogP contribution is -2.44. The zero-order valence-corrected chi connectivity index (χ0v) is 14.5. The fraction of sp³-hybridized carbons (Fsp3) is 0.158. The summed E-state index contributed by atoms with van der Waals surface area (Å²) in [5.41, 5.74) is 0.867. The Labute approximate surface area is 154 Å². The molecule has 27 heavy (non-hydrogen) atoms. The van der Waals surface area contributed by atoms with Crippen molar-refractivity contribution in [2.75, 3.05) is 20.3 Å². The van der Waals surface area contributed by atoms with Gasteiger partial charge >= 0.3 is 0 Å². The number of fused-ring (bicyclic) bond motifs is 1. The first-order valence-electron chi connectivity index (χ1n) is 8.01. The Balaban J connectivity index is 1.63. The van der Waals surface area contributed by atoms with Gasteiger partial charge in [0.15, 0.2) is 13.2 Å². The second kappa shape index (κ2) is 8.13. The molecule has 1 aliphatic heterocycles. The van der Waals surface area contributed by atoms with Crippen molar-refractivity contribution in [1.82, 2.24) is 4.90 Å². The molecule has 138 valence electrons. The standard InChI is InChI=1S/C19H16N2O6/c1-25-14-8-6-13(7-9-14)10-20-27-12-18(23)21-17(22)11-26-16-5-3-2-4-15(16)19(21)24/h2-10H,11-12H2,1H3/b20-10-. The van der Waals surface area contributed by atoms with Gasteiger partial charge in [-0.25, -0.2) is 4.90 Å². The number of methoxy groups -OCH3 is 1. The van der Waals surface area contributed by atoms with E-state index in [4.69, 9.17) is 14.3 Å². The number of ether oxygens (including phenoxy) is 2. The van der Waals surface area contributed by atoms with Gasteiger partial charge in [0.25, 0.3) is 17.7 Å². The average Bonchev–Trinajstić information content (AvgIpc) is 2.82. The normalized spacial score (nSPS) is 13.7. The number of carbonyl (C=O) groups excluding carboxylic acids is 3. The van der Waals surface area contributed by atoms with E-state index in [-0.39, 0.29) is 11.3 Å². The SMILES string of the molecule is COc1ccc(/C=N\OCC(=O)N2C(=O)COc3ccccc3C2=O)cc1. The third kappa shape index (κ3) is 4.12. The van der Waals surface area contributed by atoms with Crippen LogP contribution in [-0.4, -0.2) is 49.2 Å². The molecule has 0 unspecified atom stereocenters. The van der Waals surface area contributed by atoms with Crippen LogP contribution in [-0.2, 0) is 14.4 Å². The van der Waals surface area contributed by atoms with E-state index in [9.17, 15) is 14.4 Å². The number of nitrogens with zero attached hydrogens (tertiary/aromatic N) is 2. The quantitative estimate of drug-likeness (QED) is 0.452. The zero-order chi connectivity index (χ0) is 19.2.